The number of hydrogen-bond acceptors (Lipinski definition) is 3. The molecule has 0 radical (unpaired) electrons. The van der Waals surface area contributed by atoms with Gasteiger partial charge < -0.3 is 15.5 Å². The summed E-state index contributed by atoms with van der Waals surface area (Å²) in [5.41, 5.74) is 0. The van der Waals surface area contributed by atoms with E-state index in [0.29, 0.717) is 13.0 Å². The molecule has 6 heteroatoms. The lowest BCUT2D eigenvalue weighted by molar-refractivity contribution is -0.128. The van der Waals surface area contributed by atoms with Crippen molar-refractivity contribution >= 4 is 11.9 Å². The summed E-state index contributed by atoms with van der Waals surface area (Å²) in [4.78, 5) is 19.9. The van der Waals surface area contributed by atoms with Crippen molar-refractivity contribution in [3.8, 4) is 0 Å². The van der Waals surface area contributed by atoms with E-state index >= 15 is 0 Å². The Balaban J connectivity index is 2.22. The van der Waals surface area contributed by atoms with Gasteiger partial charge in [-0.15, -0.1) is 0 Å². The van der Waals surface area contributed by atoms with Crippen molar-refractivity contribution in [3.63, 3.8) is 0 Å². The first-order valence-corrected chi connectivity index (χ1v) is 8.47. The largest absolute Gasteiger partial charge is 0.356 e. The van der Waals surface area contributed by atoms with Gasteiger partial charge in [-0.1, -0.05) is 13.3 Å². The van der Waals surface area contributed by atoms with Gasteiger partial charge in [0, 0.05) is 53.2 Å². The molecule has 22 heavy (non-hydrogen) atoms. The Kier molecular flexibility index (Phi) is 8.89. The van der Waals surface area contributed by atoms with Crippen molar-refractivity contribution < 1.29 is 4.79 Å². The third-order valence-electron chi connectivity index (χ3n) is 4.27. The second-order valence-corrected chi connectivity index (χ2v) is 6.06. The van der Waals surface area contributed by atoms with Crippen molar-refractivity contribution in [3.05, 3.63) is 0 Å². The predicted molar refractivity (Wildman–Crippen MR) is 92.2 cm³/mol. The van der Waals surface area contributed by atoms with Crippen LogP contribution in [-0.4, -0.2) is 75.0 Å². The maximum Gasteiger partial charge on any atom is 0.223 e. The summed E-state index contributed by atoms with van der Waals surface area (Å²) in [5.74, 6) is 0.902. The molecule has 0 aromatic carbocycles. The molecule has 1 rings (SSSR count). The molecule has 128 valence electrons. The molecule has 1 fully saturated rings. The summed E-state index contributed by atoms with van der Waals surface area (Å²) in [6.45, 7) is 6.04. The molecule has 1 atom stereocenters. The minimum absolute atomic E-state index is 0.127. The van der Waals surface area contributed by atoms with Gasteiger partial charge in [-0.3, -0.25) is 14.7 Å². The fourth-order valence-electron chi connectivity index (χ4n) is 2.87. The van der Waals surface area contributed by atoms with Crippen molar-refractivity contribution in [1.29, 1.82) is 0 Å². The Morgan fingerprint density at radius 2 is 2.00 bits per heavy atom. The fourth-order valence-corrected chi connectivity index (χ4v) is 2.87. The SMILES string of the molecule is CCC1CCCCN1CCNC(=NC)NCCC(=O)N(C)C. The fraction of sp³-hybridized carbons (Fsp3) is 0.875. The van der Waals surface area contributed by atoms with E-state index in [-0.39, 0.29) is 5.91 Å². The molecular weight excluding hydrogens is 278 g/mol. The molecule has 1 unspecified atom stereocenters. The van der Waals surface area contributed by atoms with Gasteiger partial charge in [-0.25, -0.2) is 0 Å². The highest BCUT2D eigenvalue weighted by Gasteiger charge is 2.19. The number of hydrogen-bond donors (Lipinski definition) is 2. The van der Waals surface area contributed by atoms with Crippen LogP contribution in [0, 0.1) is 0 Å². The van der Waals surface area contributed by atoms with Gasteiger partial charge in [0.2, 0.25) is 5.91 Å². The van der Waals surface area contributed by atoms with Crippen LogP contribution in [0.5, 0.6) is 0 Å². The quantitative estimate of drug-likeness (QED) is 0.542. The maximum atomic E-state index is 11.5. The van der Waals surface area contributed by atoms with Crippen molar-refractivity contribution in [1.82, 2.24) is 20.4 Å². The van der Waals surface area contributed by atoms with E-state index in [1.54, 1.807) is 26.0 Å². The molecule has 0 spiro atoms. The van der Waals surface area contributed by atoms with Crippen LogP contribution >= 0.6 is 0 Å². The number of guanidine groups is 1. The molecule has 1 amide bonds. The number of carbonyl (C=O) groups excluding carboxylic acids is 1. The summed E-state index contributed by atoms with van der Waals surface area (Å²) in [5, 5.41) is 6.53. The van der Waals surface area contributed by atoms with Crippen LogP contribution < -0.4 is 10.6 Å². The van der Waals surface area contributed by atoms with Gasteiger partial charge in [-0.2, -0.15) is 0 Å². The van der Waals surface area contributed by atoms with E-state index in [4.69, 9.17) is 0 Å². The third kappa shape index (κ3) is 6.64. The highest BCUT2D eigenvalue weighted by Crippen LogP contribution is 2.18. The number of piperidine rings is 1. The normalized spacial score (nSPS) is 19.8. The van der Waals surface area contributed by atoms with Crippen LogP contribution in [0.25, 0.3) is 0 Å². The van der Waals surface area contributed by atoms with Gasteiger partial charge in [0.25, 0.3) is 0 Å². The van der Waals surface area contributed by atoms with E-state index in [2.05, 4.69) is 27.4 Å². The zero-order chi connectivity index (χ0) is 16.4. The van der Waals surface area contributed by atoms with Gasteiger partial charge in [0.15, 0.2) is 5.96 Å². The van der Waals surface area contributed by atoms with Crippen LogP contribution in [-0.2, 0) is 4.79 Å². The molecular formula is C16H33N5O. The van der Waals surface area contributed by atoms with Gasteiger partial charge in [0.05, 0.1) is 0 Å². The van der Waals surface area contributed by atoms with Gasteiger partial charge in [0.1, 0.15) is 0 Å². The summed E-state index contributed by atoms with van der Waals surface area (Å²) in [7, 11) is 5.31. The molecule has 0 saturated carbocycles. The zero-order valence-corrected chi connectivity index (χ0v) is 14.7. The van der Waals surface area contributed by atoms with Crippen LogP contribution in [0.1, 0.15) is 39.0 Å². The Bertz CT molecular complexity index is 356. The lowest BCUT2D eigenvalue weighted by atomic mass is 10.0. The second-order valence-electron chi connectivity index (χ2n) is 6.06. The highest BCUT2D eigenvalue weighted by atomic mass is 16.2. The first-order valence-electron chi connectivity index (χ1n) is 8.47. The van der Waals surface area contributed by atoms with Crippen molar-refractivity contribution in [2.75, 3.05) is 47.3 Å². The van der Waals surface area contributed by atoms with E-state index in [1.807, 2.05) is 0 Å². The average molecular weight is 311 g/mol. The van der Waals surface area contributed by atoms with E-state index < -0.39 is 0 Å². The molecule has 1 saturated heterocycles. The smallest absolute Gasteiger partial charge is 0.223 e. The molecule has 1 heterocycles. The average Bonchev–Trinajstić information content (AvgIpc) is 2.53. The van der Waals surface area contributed by atoms with Gasteiger partial charge >= 0.3 is 0 Å². The summed E-state index contributed by atoms with van der Waals surface area (Å²) >= 11 is 0. The first-order chi connectivity index (χ1) is 10.6. The monoisotopic (exact) mass is 311 g/mol. The number of carbonyl (C=O) groups is 1. The van der Waals surface area contributed by atoms with E-state index in [1.165, 1.54) is 32.2 Å². The minimum atomic E-state index is 0.127. The number of aliphatic imine (C=N–C) groups is 1. The number of nitrogens with one attached hydrogen (secondary N) is 2. The van der Waals surface area contributed by atoms with Crippen molar-refractivity contribution in [2.45, 2.75) is 45.1 Å². The molecule has 2 N–H and O–H groups in total. The Morgan fingerprint density at radius 1 is 1.27 bits per heavy atom. The molecule has 1 aliphatic rings. The first kappa shape index (κ1) is 18.7. The molecule has 0 bridgehead atoms. The summed E-state index contributed by atoms with van der Waals surface area (Å²) < 4.78 is 0. The summed E-state index contributed by atoms with van der Waals surface area (Å²) in [6, 6.07) is 0.739. The number of likely N-dealkylation sites (tertiary alicyclic amines) is 1. The lowest BCUT2D eigenvalue weighted by Crippen LogP contribution is -2.46. The van der Waals surface area contributed by atoms with Crippen LogP contribution in [0.3, 0.4) is 0 Å². The number of rotatable bonds is 7. The number of amides is 1. The predicted octanol–water partition coefficient (Wildman–Crippen LogP) is 0.894. The standard InChI is InChI=1S/C16H33N5O/c1-5-14-8-6-7-12-21(14)13-11-19-16(17-2)18-10-9-15(22)20(3)4/h14H,5-13H2,1-4H3,(H2,17,18,19). The maximum absolute atomic E-state index is 11.5. The summed E-state index contributed by atoms with van der Waals surface area (Å²) in [6.07, 6.45) is 5.73. The van der Waals surface area contributed by atoms with E-state index in [9.17, 15) is 4.79 Å². The second kappa shape index (κ2) is 10.4. The topological polar surface area (TPSA) is 60.0 Å². The highest BCUT2D eigenvalue weighted by molar-refractivity contribution is 5.81. The Labute approximate surface area is 135 Å². The third-order valence-corrected chi connectivity index (χ3v) is 4.27. The van der Waals surface area contributed by atoms with Gasteiger partial charge in [-0.05, 0) is 25.8 Å². The zero-order valence-electron chi connectivity index (χ0n) is 14.7. The molecule has 0 aliphatic carbocycles. The van der Waals surface area contributed by atoms with E-state index in [0.717, 1.165) is 25.1 Å². The van der Waals surface area contributed by atoms with Crippen LogP contribution in [0.15, 0.2) is 4.99 Å². The lowest BCUT2D eigenvalue weighted by Gasteiger charge is -2.35. The van der Waals surface area contributed by atoms with Crippen LogP contribution in [0.4, 0.5) is 0 Å². The molecule has 0 aromatic heterocycles. The number of nitrogens with zero attached hydrogens (tertiary/aromatic N) is 3. The van der Waals surface area contributed by atoms with Crippen LogP contribution in [0.2, 0.25) is 0 Å². The molecule has 0 aromatic rings. The Morgan fingerprint density at radius 3 is 2.64 bits per heavy atom. The minimum Gasteiger partial charge on any atom is -0.356 e. The Hall–Kier alpha value is -1.30. The molecule has 6 nitrogen and oxygen atoms in total. The molecule has 1 aliphatic heterocycles. The van der Waals surface area contributed by atoms with Crippen molar-refractivity contribution in [2.24, 2.45) is 4.99 Å².